The van der Waals surface area contributed by atoms with E-state index in [1.165, 1.54) is 18.2 Å². The van der Waals surface area contributed by atoms with Crippen LogP contribution in [0.25, 0.3) is 0 Å². The Balaban J connectivity index is 0.867. The topological polar surface area (TPSA) is 236 Å². The lowest BCUT2D eigenvalue weighted by Crippen LogP contribution is -2.56. The number of hydrogen-bond acceptors (Lipinski definition) is 12. The Morgan fingerprint density at radius 2 is 1.55 bits per heavy atom. The van der Waals surface area contributed by atoms with Crippen LogP contribution in [0.4, 0.5) is 0 Å². The van der Waals surface area contributed by atoms with Crippen molar-refractivity contribution in [1.29, 1.82) is 0 Å². The van der Waals surface area contributed by atoms with Gasteiger partial charge in [0.1, 0.15) is 17.8 Å². The van der Waals surface area contributed by atoms with Crippen molar-refractivity contribution in [3.05, 3.63) is 63.1 Å². The predicted octanol–water partition coefficient (Wildman–Crippen LogP) is -1.14. The molecule has 3 unspecified atom stereocenters. The van der Waals surface area contributed by atoms with Crippen LogP contribution >= 0.6 is 23.2 Å². The first-order valence-corrected chi connectivity index (χ1v) is 18.4. The molecule has 6 rings (SSSR count). The quantitative estimate of drug-likeness (QED) is 0.0942. The van der Waals surface area contributed by atoms with Crippen molar-refractivity contribution in [3.8, 4) is 5.75 Å². The van der Waals surface area contributed by atoms with Crippen LogP contribution in [-0.2, 0) is 24.0 Å². The Morgan fingerprint density at radius 1 is 0.855 bits per heavy atom. The second-order valence-corrected chi connectivity index (χ2v) is 14.2. The number of amides is 8. The van der Waals surface area contributed by atoms with Gasteiger partial charge in [0.25, 0.3) is 23.6 Å². The number of ether oxygens (including phenoxy) is 1. The number of nitrogens with one attached hydrogen (secondary N) is 7. The smallest absolute Gasteiger partial charge is 0.266 e. The minimum absolute atomic E-state index is 0.00215. The van der Waals surface area contributed by atoms with Crippen molar-refractivity contribution >= 4 is 70.5 Å². The molecule has 18 nitrogen and oxygen atoms in total. The predicted molar refractivity (Wildman–Crippen MR) is 195 cm³/mol. The van der Waals surface area contributed by atoms with Crippen LogP contribution in [-0.4, -0.2) is 127 Å². The number of fused-ring (bicyclic) bond motifs is 1. The highest BCUT2D eigenvalue weighted by Crippen LogP contribution is 2.33. The van der Waals surface area contributed by atoms with Crippen LogP contribution in [0, 0.1) is 0 Å². The fourth-order valence-electron chi connectivity index (χ4n) is 6.82. The first-order chi connectivity index (χ1) is 26.4. The average Bonchev–Trinajstić information content (AvgIpc) is 3.71. The summed E-state index contributed by atoms with van der Waals surface area (Å²) in [6.07, 6.45) is 1.22. The maximum Gasteiger partial charge on any atom is 0.266 e. The van der Waals surface area contributed by atoms with Gasteiger partial charge in [-0.1, -0.05) is 35.3 Å². The summed E-state index contributed by atoms with van der Waals surface area (Å²) in [7, 11) is 0. The van der Waals surface area contributed by atoms with Crippen LogP contribution in [0.15, 0.2) is 36.4 Å². The zero-order valence-corrected chi connectivity index (χ0v) is 30.9. The minimum atomic E-state index is -1.13. The zero-order chi connectivity index (χ0) is 39.2. The van der Waals surface area contributed by atoms with E-state index in [-0.39, 0.29) is 82.8 Å². The van der Waals surface area contributed by atoms with E-state index in [9.17, 15) is 38.4 Å². The van der Waals surface area contributed by atoms with Gasteiger partial charge in [0.2, 0.25) is 23.6 Å². The molecule has 2 aromatic rings. The lowest BCUT2D eigenvalue weighted by molar-refractivity contribution is -0.136. The number of piperidine rings is 2. The highest BCUT2D eigenvalue weighted by Gasteiger charge is 2.46. The maximum absolute atomic E-state index is 13.2. The molecule has 3 fully saturated rings. The highest BCUT2D eigenvalue weighted by atomic mass is 35.5. The SMILES string of the molecule is O=C(COc1cccc2c1C(=O)N(C1CCC(=O)NC1=O)C2=O)NCCNC(=O)CN1CCC(NC(=O)C2NNCC2NC(=O)c2c(Cl)cccc2Cl)CC1. The van der Waals surface area contributed by atoms with Crippen molar-refractivity contribution in [2.45, 2.75) is 49.9 Å². The van der Waals surface area contributed by atoms with Gasteiger partial charge in [0, 0.05) is 45.2 Å². The second-order valence-electron chi connectivity index (χ2n) is 13.4. The Kier molecular flexibility index (Phi) is 12.6. The van der Waals surface area contributed by atoms with Crippen molar-refractivity contribution in [2.24, 2.45) is 0 Å². The summed E-state index contributed by atoms with van der Waals surface area (Å²) >= 11 is 12.3. The number of halogens is 2. The number of nitrogens with zero attached hydrogens (tertiary/aromatic N) is 2. The van der Waals surface area contributed by atoms with Crippen molar-refractivity contribution in [1.82, 2.24) is 47.2 Å². The third-order valence-electron chi connectivity index (χ3n) is 9.63. The van der Waals surface area contributed by atoms with Crippen LogP contribution in [0.1, 0.15) is 56.8 Å². The molecular weight excluding hydrogens is 761 g/mol. The van der Waals surface area contributed by atoms with E-state index in [0.29, 0.717) is 32.5 Å². The van der Waals surface area contributed by atoms with Gasteiger partial charge in [0.05, 0.1) is 39.3 Å². The van der Waals surface area contributed by atoms with E-state index >= 15 is 0 Å². The van der Waals surface area contributed by atoms with Gasteiger partial charge in [-0.3, -0.25) is 58.9 Å². The first kappa shape index (κ1) is 39.6. The molecule has 7 N–H and O–H groups in total. The minimum Gasteiger partial charge on any atom is -0.483 e. The number of imide groups is 2. The monoisotopic (exact) mass is 799 g/mol. The van der Waals surface area contributed by atoms with Gasteiger partial charge in [0.15, 0.2) is 6.61 Å². The normalized spacial score (nSPS) is 21.5. The molecule has 2 aromatic carbocycles. The number of hydrazine groups is 1. The second kappa shape index (κ2) is 17.5. The third-order valence-corrected chi connectivity index (χ3v) is 10.3. The molecule has 0 aliphatic carbocycles. The van der Waals surface area contributed by atoms with Crippen molar-refractivity contribution in [2.75, 3.05) is 45.9 Å². The molecule has 292 valence electrons. The summed E-state index contributed by atoms with van der Waals surface area (Å²) in [5, 5.41) is 13.8. The Bertz CT molecular complexity index is 1890. The number of carbonyl (C=O) groups excluding carboxylic acids is 8. The van der Waals surface area contributed by atoms with E-state index in [1.54, 1.807) is 18.2 Å². The van der Waals surface area contributed by atoms with E-state index < -0.39 is 60.2 Å². The first-order valence-electron chi connectivity index (χ1n) is 17.7. The van der Waals surface area contributed by atoms with Gasteiger partial charge in [-0.15, -0.1) is 0 Å². The molecule has 4 aliphatic heterocycles. The molecule has 0 radical (unpaired) electrons. The van der Waals surface area contributed by atoms with Crippen LogP contribution in [0.5, 0.6) is 5.75 Å². The van der Waals surface area contributed by atoms with Gasteiger partial charge in [-0.2, -0.15) is 0 Å². The van der Waals surface area contributed by atoms with Crippen molar-refractivity contribution in [3.63, 3.8) is 0 Å². The molecule has 0 saturated carbocycles. The van der Waals surface area contributed by atoms with Gasteiger partial charge >= 0.3 is 0 Å². The molecule has 8 amide bonds. The van der Waals surface area contributed by atoms with Gasteiger partial charge in [-0.25, -0.2) is 5.43 Å². The summed E-state index contributed by atoms with van der Waals surface area (Å²) in [5.41, 5.74) is 5.91. The average molecular weight is 801 g/mol. The summed E-state index contributed by atoms with van der Waals surface area (Å²) in [6.45, 7) is 1.35. The maximum atomic E-state index is 13.2. The third kappa shape index (κ3) is 9.22. The zero-order valence-electron chi connectivity index (χ0n) is 29.4. The number of likely N-dealkylation sites (tertiary alicyclic amines) is 1. The lowest BCUT2D eigenvalue weighted by atomic mass is 10.0. The molecule has 3 atom stereocenters. The number of rotatable bonds is 13. The van der Waals surface area contributed by atoms with Crippen LogP contribution < -0.4 is 42.2 Å². The van der Waals surface area contributed by atoms with Gasteiger partial charge in [-0.05, 0) is 43.5 Å². The molecule has 55 heavy (non-hydrogen) atoms. The Labute approximate surface area is 324 Å². The fourth-order valence-corrected chi connectivity index (χ4v) is 7.39. The molecule has 0 spiro atoms. The molecule has 4 heterocycles. The number of benzene rings is 2. The van der Waals surface area contributed by atoms with Crippen LogP contribution in [0.3, 0.4) is 0 Å². The standard InChI is InChI=1S/C35H39Cl2N9O9/c36-20-4-2-5-21(37)29(20)32(51)42-22-15-40-44-30(22)33(52)41-18-9-13-45(14-10-18)16-26(48)38-11-12-39-27(49)17-55-24-6-1-3-19-28(24)35(54)46(34(19)53)23-7-8-25(47)43-31(23)50/h1-6,18,22-23,30,40,44H,7-17H2,(H,38,48)(H,39,49)(H,41,52)(H,42,51)(H,43,47,50). The molecule has 0 aromatic heterocycles. The molecular formula is C35H39Cl2N9O9. The van der Waals surface area contributed by atoms with Crippen LogP contribution in [0.2, 0.25) is 10.0 Å². The Hall–Kier alpha value is -5.14. The van der Waals surface area contributed by atoms with Gasteiger partial charge < -0.3 is 26.0 Å². The summed E-state index contributed by atoms with van der Waals surface area (Å²) < 4.78 is 5.58. The summed E-state index contributed by atoms with van der Waals surface area (Å²) in [6, 6.07) is 6.56. The summed E-state index contributed by atoms with van der Waals surface area (Å²) in [5.74, 6) is -4.20. The molecule has 0 bridgehead atoms. The van der Waals surface area contributed by atoms with E-state index in [2.05, 4.69) is 37.4 Å². The fraction of sp³-hybridized carbons (Fsp3) is 0.429. The number of hydrogen-bond donors (Lipinski definition) is 7. The summed E-state index contributed by atoms with van der Waals surface area (Å²) in [4.78, 5) is 104. The van der Waals surface area contributed by atoms with E-state index in [0.717, 1.165) is 4.90 Å². The molecule has 4 aliphatic rings. The molecule has 20 heteroatoms. The highest BCUT2D eigenvalue weighted by molar-refractivity contribution is 6.39. The Morgan fingerprint density at radius 3 is 2.25 bits per heavy atom. The molecule has 3 saturated heterocycles. The lowest BCUT2D eigenvalue weighted by Gasteiger charge is -2.32. The van der Waals surface area contributed by atoms with E-state index in [4.69, 9.17) is 27.9 Å². The van der Waals surface area contributed by atoms with E-state index in [1.807, 2.05) is 4.90 Å². The number of carbonyl (C=O) groups is 8. The largest absolute Gasteiger partial charge is 0.483 e. The van der Waals surface area contributed by atoms with Crippen molar-refractivity contribution < 1.29 is 43.1 Å².